The van der Waals surface area contributed by atoms with Crippen LogP contribution in [0.3, 0.4) is 0 Å². The van der Waals surface area contributed by atoms with Gasteiger partial charge in [-0.25, -0.2) is 4.39 Å². The van der Waals surface area contributed by atoms with Gasteiger partial charge in [0.2, 0.25) is 5.91 Å². The molecule has 17 heavy (non-hydrogen) atoms. The molecule has 0 fully saturated rings. The zero-order valence-corrected chi connectivity index (χ0v) is 10.5. The number of amides is 1. The largest absolute Gasteiger partial charge is 0.353 e. The molecule has 0 aromatic heterocycles. The molecule has 0 unspecified atom stereocenters. The van der Waals surface area contributed by atoms with E-state index in [1.807, 2.05) is 32.6 Å². The summed E-state index contributed by atoms with van der Waals surface area (Å²) >= 11 is 0. The summed E-state index contributed by atoms with van der Waals surface area (Å²) in [5.74, 6) is -0.447. The van der Waals surface area contributed by atoms with Crippen molar-refractivity contribution < 1.29 is 9.18 Å². The van der Waals surface area contributed by atoms with Crippen molar-refractivity contribution in [2.45, 2.75) is 39.3 Å². The summed E-state index contributed by atoms with van der Waals surface area (Å²) in [6, 6.07) is 4.66. The lowest BCUT2D eigenvalue weighted by atomic mass is 9.94. The molecule has 1 N–H and O–H groups in total. The van der Waals surface area contributed by atoms with E-state index in [2.05, 4.69) is 5.32 Å². The summed E-state index contributed by atoms with van der Waals surface area (Å²) in [6.45, 7) is 7.78. The Morgan fingerprint density at radius 1 is 1.35 bits per heavy atom. The predicted octanol–water partition coefficient (Wildman–Crippen LogP) is 2.77. The van der Waals surface area contributed by atoms with Gasteiger partial charge in [0.15, 0.2) is 0 Å². The van der Waals surface area contributed by atoms with Crippen LogP contribution in [0.4, 0.5) is 15.8 Å². The quantitative estimate of drug-likeness (QED) is 0.813. The van der Waals surface area contributed by atoms with Crippen LogP contribution in [0.25, 0.3) is 0 Å². The number of hydrogen-bond acceptors (Lipinski definition) is 2. The minimum Gasteiger partial charge on any atom is -0.353 e. The van der Waals surface area contributed by atoms with Crippen LogP contribution in [-0.2, 0) is 4.79 Å². The average molecular weight is 236 g/mol. The summed E-state index contributed by atoms with van der Waals surface area (Å²) in [5, 5.41) is 2.76. The highest BCUT2D eigenvalue weighted by Gasteiger charge is 2.41. The SMILES string of the molecule is CC(C)N1c2ccc(F)cc2NC(=O)C1(C)C. The number of hydrogen-bond donors (Lipinski definition) is 1. The highest BCUT2D eigenvalue weighted by molar-refractivity contribution is 6.06. The summed E-state index contributed by atoms with van der Waals surface area (Å²) in [6.07, 6.45) is 0. The van der Waals surface area contributed by atoms with Gasteiger partial charge in [-0.3, -0.25) is 4.79 Å². The smallest absolute Gasteiger partial charge is 0.249 e. The lowest BCUT2D eigenvalue weighted by Crippen LogP contribution is -2.58. The van der Waals surface area contributed by atoms with Crippen molar-refractivity contribution in [3.8, 4) is 0 Å². The van der Waals surface area contributed by atoms with Gasteiger partial charge in [-0.15, -0.1) is 0 Å². The van der Waals surface area contributed by atoms with Crippen molar-refractivity contribution in [2.24, 2.45) is 0 Å². The van der Waals surface area contributed by atoms with Crippen LogP contribution >= 0.6 is 0 Å². The van der Waals surface area contributed by atoms with Gasteiger partial charge in [-0.2, -0.15) is 0 Å². The number of carbonyl (C=O) groups excluding carboxylic acids is 1. The Bertz CT molecular complexity index is 468. The molecule has 1 aliphatic heterocycles. The monoisotopic (exact) mass is 236 g/mol. The maximum atomic E-state index is 13.2. The van der Waals surface area contributed by atoms with Crippen LogP contribution in [-0.4, -0.2) is 17.5 Å². The third-order valence-corrected chi connectivity index (χ3v) is 3.14. The molecule has 0 saturated carbocycles. The summed E-state index contributed by atoms with van der Waals surface area (Å²) < 4.78 is 13.2. The number of nitrogens with one attached hydrogen (secondary N) is 1. The van der Waals surface area contributed by atoms with Crippen molar-refractivity contribution in [1.29, 1.82) is 0 Å². The molecule has 0 aliphatic carbocycles. The van der Waals surface area contributed by atoms with Crippen molar-refractivity contribution >= 4 is 17.3 Å². The van der Waals surface area contributed by atoms with Gasteiger partial charge in [0.25, 0.3) is 0 Å². The fourth-order valence-corrected chi connectivity index (χ4v) is 2.43. The van der Waals surface area contributed by atoms with Gasteiger partial charge < -0.3 is 10.2 Å². The summed E-state index contributed by atoms with van der Waals surface area (Å²) in [5.41, 5.74) is 0.785. The van der Waals surface area contributed by atoms with E-state index in [1.165, 1.54) is 12.1 Å². The normalized spacial score (nSPS) is 18.0. The Morgan fingerprint density at radius 2 is 2.00 bits per heavy atom. The van der Waals surface area contributed by atoms with Crippen LogP contribution in [0.5, 0.6) is 0 Å². The number of rotatable bonds is 1. The number of benzene rings is 1. The van der Waals surface area contributed by atoms with Crippen LogP contribution in [0.15, 0.2) is 18.2 Å². The Kier molecular flexibility index (Phi) is 2.60. The molecule has 1 aromatic rings. The van der Waals surface area contributed by atoms with Crippen LogP contribution in [0.1, 0.15) is 27.7 Å². The molecule has 0 saturated heterocycles. The lowest BCUT2D eigenvalue weighted by Gasteiger charge is -2.46. The fourth-order valence-electron chi connectivity index (χ4n) is 2.43. The van der Waals surface area contributed by atoms with E-state index in [-0.39, 0.29) is 17.8 Å². The van der Waals surface area contributed by atoms with Crippen LogP contribution in [0, 0.1) is 5.82 Å². The van der Waals surface area contributed by atoms with Crippen LogP contribution in [0.2, 0.25) is 0 Å². The molecule has 1 aliphatic rings. The van der Waals surface area contributed by atoms with E-state index in [1.54, 1.807) is 6.07 Å². The van der Waals surface area contributed by atoms with Gasteiger partial charge in [0.1, 0.15) is 11.4 Å². The summed E-state index contributed by atoms with van der Waals surface area (Å²) in [7, 11) is 0. The Hall–Kier alpha value is -1.58. The van der Waals surface area contributed by atoms with Gasteiger partial charge >= 0.3 is 0 Å². The second-order valence-corrected chi connectivity index (χ2v) is 5.14. The number of halogens is 1. The first-order valence-electron chi connectivity index (χ1n) is 5.74. The second-order valence-electron chi connectivity index (χ2n) is 5.14. The Balaban J connectivity index is 2.60. The third kappa shape index (κ3) is 1.77. The van der Waals surface area contributed by atoms with Gasteiger partial charge in [-0.05, 0) is 45.9 Å². The molecule has 3 nitrogen and oxygen atoms in total. The fraction of sp³-hybridized carbons (Fsp3) is 0.462. The van der Waals surface area contributed by atoms with E-state index < -0.39 is 5.54 Å². The number of fused-ring (bicyclic) bond motifs is 1. The Morgan fingerprint density at radius 3 is 2.59 bits per heavy atom. The zero-order valence-electron chi connectivity index (χ0n) is 10.5. The molecule has 0 bridgehead atoms. The number of nitrogens with zero attached hydrogens (tertiary/aromatic N) is 1. The molecular weight excluding hydrogens is 219 g/mol. The molecule has 4 heteroatoms. The van der Waals surface area contributed by atoms with E-state index in [9.17, 15) is 9.18 Å². The first kappa shape index (κ1) is 11.9. The molecular formula is C13H17FN2O. The number of anilines is 2. The standard InChI is InChI=1S/C13H17FN2O/c1-8(2)16-11-6-5-9(14)7-10(11)15-12(17)13(16,3)4/h5-8H,1-4H3,(H,15,17). The van der Waals surface area contributed by atoms with Crippen molar-refractivity contribution in [1.82, 2.24) is 0 Å². The van der Waals surface area contributed by atoms with E-state index in [4.69, 9.17) is 0 Å². The van der Waals surface area contributed by atoms with Crippen molar-refractivity contribution in [3.05, 3.63) is 24.0 Å². The van der Waals surface area contributed by atoms with Gasteiger partial charge in [0.05, 0.1) is 11.4 Å². The molecule has 0 atom stereocenters. The van der Waals surface area contributed by atoms with E-state index >= 15 is 0 Å². The predicted molar refractivity (Wildman–Crippen MR) is 66.7 cm³/mol. The number of carbonyl (C=O) groups is 1. The van der Waals surface area contributed by atoms with Crippen LogP contribution < -0.4 is 10.2 Å². The van der Waals surface area contributed by atoms with Crippen molar-refractivity contribution in [3.63, 3.8) is 0 Å². The van der Waals surface area contributed by atoms with E-state index in [0.717, 1.165) is 5.69 Å². The van der Waals surface area contributed by atoms with E-state index in [0.29, 0.717) is 5.69 Å². The Labute approximate surface area is 101 Å². The first-order chi connectivity index (χ1) is 7.84. The molecule has 1 amide bonds. The third-order valence-electron chi connectivity index (χ3n) is 3.14. The van der Waals surface area contributed by atoms with Gasteiger partial charge in [0, 0.05) is 6.04 Å². The topological polar surface area (TPSA) is 32.3 Å². The van der Waals surface area contributed by atoms with Crippen molar-refractivity contribution in [2.75, 3.05) is 10.2 Å². The highest BCUT2D eigenvalue weighted by Crippen LogP contribution is 2.38. The maximum absolute atomic E-state index is 13.2. The maximum Gasteiger partial charge on any atom is 0.249 e. The lowest BCUT2D eigenvalue weighted by molar-refractivity contribution is -0.120. The van der Waals surface area contributed by atoms with Gasteiger partial charge in [-0.1, -0.05) is 0 Å². The molecule has 1 heterocycles. The molecule has 0 radical (unpaired) electrons. The summed E-state index contributed by atoms with van der Waals surface area (Å²) in [4.78, 5) is 14.0. The minimum atomic E-state index is -0.626. The highest BCUT2D eigenvalue weighted by atomic mass is 19.1. The zero-order chi connectivity index (χ0) is 12.8. The first-order valence-corrected chi connectivity index (χ1v) is 5.74. The minimum absolute atomic E-state index is 0.107. The molecule has 2 rings (SSSR count). The molecule has 1 aromatic carbocycles. The average Bonchev–Trinajstić information content (AvgIpc) is 2.19. The second kappa shape index (κ2) is 3.72. The molecule has 92 valence electrons. The molecule has 0 spiro atoms.